The van der Waals surface area contributed by atoms with Crippen LogP contribution in [-0.2, 0) is 0 Å². The number of aromatic hydroxyl groups is 1. The van der Waals surface area contributed by atoms with Crippen LogP contribution >= 0.6 is 0 Å². The van der Waals surface area contributed by atoms with Crippen LogP contribution in [0.5, 0.6) is 5.75 Å². The van der Waals surface area contributed by atoms with Crippen LogP contribution in [0.3, 0.4) is 0 Å². The molecule has 1 aromatic heterocycles. The van der Waals surface area contributed by atoms with Crippen molar-refractivity contribution in [1.82, 2.24) is 9.88 Å². The molecule has 0 unspecified atom stereocenters. The van der Waals surface area contributed by atoms with Gasteiger partial charge in [0.05, 0.1) is 11.8 Å². The van der Waals surface area contributed by atoms with E-state index < -0.39 is 0 Å². The van der Waals surface area contributed by atoms with Gasteiger partial charge in [-0.15, -0.1) is 0 Å². The molecule has 0 spiro atoms. The maximum Gasteiger partial charge on any atom is 0.257 e. The van der Waals surface area contributed by atoms with Crippen molar-refractivity contribution in [3.05, 3.63) is 24.0 Å². The Morgan fingerprint density at radius 2 is 2.06 bits per heavy atom. The molecule has 0 aliphatic heterocycles. The molecule has 0 saturated carbocycles. The van der Waals surface area contributed by atoms with Gasteiger partial charge in [-0.3, -0.25) is 9.78 Å². The summed E-state index contributed by atoms with van der Waals surface area (Å²) in [5.74, 6) is 0.186. The van der Waals surface area contributed by atoms with Gasteiger partial charge in [0, 0.05) is 18.8 Å². The zero-order valence-corrected chi connectivity index (χ0v) is 10.8. The van der Waals surface area contributed by atoms with Crippen molar-refractivity contribution >= 4 is 5.91 Å². The predicted octanol–water partition coefficient (Wildman–Crippen LogP) is 2.29. The maximum absolute atomic E-state index is 12.3. The molecule has 1 aromatic rings. The molecule has 1 rings (SSSR count). The molecule has 0 atom stereocenters. The van der Waals surface area contributed by atoms with Gasteiger partial charge in [-0.2, -0.15) is 0 Å². The molecular weight excluding hydrogens is 216 g/mol. The number of carbonyl (C=O) groups excluding carboxylic acids is 1. The second-order valence-electron chi connectivity index (χ2n) is 4.84. The van der Waals surface area contributed by atoms with Crippen LogP contribution in [0.2, 0.25) is 0 Å². The van der Waals surface area contributed by atoms with E-state index in [1.807, 2.05) is 13.8 Å². The van der Waals surface area contributed by atoms with Crippen molar-refractivity contribution in [3.63, 3.8) is 0 Å². The van der Waals surface area contributed by atoms with E-state index in [4.69, 9.17) is 0 Å². The molecule has 0 bridgehead atoms. The fourth-order valence-electron chi connectivity index (χ4n) is 1.64. The molecule has 0 aliphatic rings. The van der Waals surface area contributed by atoms with Crippen molar-refractivity contribution < 1.29 is 9.90 Å². The highest BCUT2D eigenvalue weighted by molar-refractivity contribution is 5.96. The fourth-order valence-corrected chi connectivity index (χ4v) is 1.64. The van der Waals surface area contributed by atoms with E-state index in [2.05, 4.69) is 18.8 Å². The minimum atomic E-state index is -0.145. The summed E-state index contributed by atoms with van der Waals surface area (Å²) in [5, 5.41) is 9.64. The third-order valence-corrected chi connectivity index (χ3v) is 2.48. The molecule has 0 saturated heterocycles. The Bertz CT molecular complexity index is 389. The van der Waals surface area contributed by atoms with Gasteiger partial charge in [0.25, 0.3) is 5.91 Å². The molecule has 0 radical (unpaired) electrons. The first kappa shape index (κ1) is 13.5. The van der Waals surface area contributed by atoms with Gasteiger partial charge >= 0.3 is 0 Å². The molecule has 4 heteroatoms. The van der Waals surface area contributed by atoms with Gasteiger partial charge < -0.3 is 10.0 Å². The number of nitrogens with zero attached hydrogens (tertiary/aromatic N) is 2. The molecule has 4 nitrogen and oxygen atoms in total. The summed E-state index contributed by atoms with van der Waals surface area (Å²) in [5.41, 5.74) is 0.314. The number of pyridine rings is 1. The second kappa shape index (κ2) is 5.66. The number of carbonyl (C=O) groups is 1. The lowest BCUT2D eigenvalue weighted by molar-refractivity contribution is 0.0678. The Morgan fingerprint density at radius 3 is 2.53 bits per heavy atom. The zero-order chi connectivity index (χ0) is 13.0. The van der Waals surface area contributed by atoms with Crippen LogP contribution in [0, 0.1) is 5.92 Å². The summed E-state index contributed by atoms with van der Waals surface area (Å²) < 4.78 is 0. The van der Waals surface area contributed by atoms with Crippen LogP contribution in [0.15, 0.2) is 18.5 Å². The van der Waals surface area contributed by atoms with Gasteiger partial charge in [-0.05, 0) is 25.8 Å². The summed E-state index contributed by atoms with van der Waals surface area (Å²) >= 11 is 0. The van der Waals surface area contributed by atoms with Crippen LogP contribution in [-0.4, -0.2) is 33.5 Å². The van der Waals surface area contributed by atoms with Crippen LogP contribution < -0.4 is 0 Å². The number of hydrogen-bond acceptors (Lipinski definition) is 3. The van der Waals surface area contributed by atoms with Crippen molar-refractivity contribution in [2.75, 3.05) is 6.54 Å². The number of aromatic nitrogens is 1. The molecular formula is C13H20N2O2. The Kier molecular flexibility index (Phi) is 4.49. The Labute approximate surface area is 102 Å². The van der Waals surface area contributed by atoms with Gasteiger partial charge in [0.15, 0.2) is 0 Å². The van der Waals surface area contributed by atoms with Crippen molar-refractivity contribution in [1.29, 1.82) is 0 Å². The standard InChI is InChI=1S/C13H20N2O2/c1-9(2)8-15(10(3)4)13(17)11-5-6-14-7-12(11)16/h5-7,9-10,16H,8H2,1-4H3. The number of amides is 1. The molecule has 0 aromatic carbocycles. The van der Waals surface area contributed by atoms with E-state index in [0.717, 1.165) is 0 Å². The highest BCUT2D eigenvalue weighted by Gasteiger charge is 2.21. The van der Waals surface area contributed by atoms with E-state index >= 15 is 0 Å². The Hall–Kier alpha value is -1.58. The SMILES string of the molecule is CC(C)CN(C(=O)c1ccncc1O)C(C)C. The van der Waals surface area contributed by atoms with Gasteiger partial charge in [-0.25, -0.2) is 0 Å². The summed E-state index contributed by atoms with van der Waals surface area (Å²) in [7, 11) is 0. The third-order valence-electron chi connectivity index (χ3n) is 2.48. The normalized spacial score (nSPS) is 10.9. The molecule has 1 N–H and O–H groups in total. The van der Waals surface area contributed by atoms with Crippen LogP contribution in [0.4, 0.5) is 0 Å². The van der Waals surface area contributed by atoms with Gasteiger partial charge in [0.2, 0.25) is 0 Å². The highest BCUT2D eigenvalue weighted by atomic mass is 16.3. The third kappa shape index (κ3) is 3.44. The molecule has 1 amide bonds. The molecule has 94 valence electrons. The van der Waals surface area contributed by atoms with E-state index in [1.54, 1.807) is 11.0 Å². The fraction of sp³-hybridized carbons (Fsp3) is 0.538. The summed E-state index contributed by atoms with van der Waals surface area (Å²) in [4.78, 5) is 17.8. The quantitative estimate of drug-likeness (QED) is 0.872. The summed E-state index contributed by atoms with van der Waals surface area (Å²) in [6.07, 6.45) is 2.81. The first-order chi connectivity index (χ1) is 7.93. The first-order valence-corrected chi connectivity index (χ1v) is 5.87. The van der Waals surface area contributed by atoms with Crippen molar-refractivity contribution in [3.8, 4) is 5.75 Å². The summed E-state index contributed by atoms with van der Waals surface area (Å²) in [6.45, 7) is 8.75. The smallest absolute Gasteiger partial charge is 0.257 e. The summed E-state index contributed by atoms with van der Waals surface area (Å²) in [6, 6.07) is 1.66. The molecule has 0 aliphatic carbocycles. The number of rotatable bonds is 4. The largest absolute Gasteiger partial charge is 0.505 e. The average molecular weight is 236 g/mol. The Balaban J connectivity index is 2.96. The van der Waals surface area contributed by atoms with Gasteiger partial charge in [0.1, 0.15) is 5.75 Å². The van der Waals surface area contributed by atoms with E-state index in [9.17, 15) is 9.90 Å². The molecule has 0 fully saturated rings. The predicted molar refractivity (Wildman–Crippen MR) is 66.9 cm³/mol. The lowest BCUT2D eigenvalue weighted by Crippen LogP contribution is -2.39. The highest BCUT2D eigenvalue weighted by Crippen LogP contribution is 2.18. The van der Waals surface area contributed by atoms with Crippen molar-refractivity contribution in [2.24, 2.45) is 5.92 Å². The van der Waals surface area contributed by atoms with Gasteiger partial charge in [-0.1, -0.05) is 13.8 Å². The molecule has 17 heavy (non-hydrogen) atoms. The zero-order valence-electron chi connectivity index (χ0n) is 10.8. The first-order valence-electron chi connectivity index (χ1n) is 5.87. The minimum absolute atomic E-state index is 0.0630. The Morgan fingerprint density at radius 1 is 1.41 bits per heavy atom. The monoisotopic (exact) mass is 236 g/mol. The topological polar surface area (TPSA) is 53.4 Å². The second-order valence-corrected chi connectivity index (χ2v) is 4.84. The lowest BCUT2D eigenvalue weighted by atomic mass is 10.1. The van der Waals surface area contributed by atoms with E-state index in [1.165, 1.54) is 12.4 Å². The van der Waals surface area contributed by atoms with E-state index in [-0.39, 0.29) is 17.7 Å². The molecule has 1 heterocycles. The van der Waals surface area contributed by atoms with Crippen molar-refractivity contribution in [2.45, 2.75) is 33.7 Å². The van der Waals surface area contributed by atoms with Crippen LogP contribution in [0.25, 0.3) is 0 Å². The van der Waals surface area contributed by atoms with Crippen LogP contribution in [0.1, 0.15) is 38.1 Å². The maximum atomic E-state index is 12.3. The van der Waals surface area contributed by atoms with E-state index in [0.29, 0.717) is 18.0 Å². The number of hydrogen-bond donors (Lipinski definition) is 1. The minimum Gasteiger partial charge on any atom is -0.505 e. The lowest BCUT2D eigenvalue weighted by Gasteiger charge is -2.28. The average Bonchev–Trinajstić information content (AvgIpc) is 2.25.